The molecule has 0 aliphatic carbocycles. The zero-order chi connectivity index (χ0) is 18.6. The van der Waals surface area contributed by atoms with Gasteiger partial charge in [-0.3, -0.25) is 4.98 Å². The van der Waals surface area contributed by atoms with E-state index >= 15 is 0 Å². The SMILES string of the molecule is Cc1ncc(-c2nc3c(F)cc(C(C)(C)O)cn3n2)c2cc(Cl)ncc12. The van der Waals surface area contributed by atoms with Crippen molar-refractivity contribution in [2.75, 3.05) is 0 Å². The van der Waals surface area contributed by atoms with Crippen molar-refractivity contribution < 1.29 is 9.50 Å². The standard InChI is InChI=1S/C18H15ClFN5O/c1-9-12-6-22-15(19)5-11(12)13(7-21-9)16-23-17-14(20)4-10(18(2,3)26)8-25(17)24-16/h4-8,26H,1-3H3. The molecule has 0 aliphatic heterocycles. The number of rotatable bonds is 2. The van der Waals surface area contributed by atoms with Gasteiger partial charge in [0.15, 0.2) is 17.3 Å². The van der Waals surface area contributed by atoms with Crippen LogP contribution in [0, 0.1) is 12.7 Å². The van der Waals surface area contributed by atoms with E-state index in [-0.39, 0.29) is 5.65 Å². The van der Waals surface area contributed by atoms with Crippen molar-refractivity contribution in [1.29, 1.82) is 0 Å². The lowest BCUT2D eigenvalue weighted by molar-refractivity contribution is 0.0777. The van der Waals surface area contributed by atoms with Crippen molar-refractivity contribution in [2.24, 2.45) is 0 Å². The highest BCUT2D eigenvalue weighted by atomic mass is 35.5. The average Bonchev–Trinajstić information content (AvgIpc) is 2.98. The summed E-state index contributed by atoms with van der Waals surface area (Å²) in [5.74, 6) is -0.246. The maximum Gasteiger partial charge on any atom is 0.191 e. The van der Waals surface area contributed by atoms with Gasteiger partial charge in [-0.05, 0) is 32.9 Å². The van der Waals surface area contributed by atoms with Crippen molar-refractivity contribution in [3.05, 3.63) is 53.0 Å². The first-order chi connectivity index (χ1) is 12.2. The number of nitrogens with zero attached hydrogens (tertiary/aromatic N) is 5. The summed E-state index contributed by atoms with van der Waals surface area (Å²) in [5, 5.41) is 16.5. The van der Waals surface area contributed by atoms with Crippen LogP contribution in [-0.4, -0.2) is 29.7 Å². The van der Waals surface area contributed by atoms with Crippen LogP contribution in [0.2, 0.25) is 5.15 Å². The highest BCUT2D eigenvalue weighted by molar-refractivity contribution is 6.30. The number of halogens is 2. The Morgan fingerprint density at radius 3 is 2.65 bits per heavy atom. The Bertz CT molecular complexity index is 1170. The van der Waals surface area contributed by atoms with Crippen molar-refractivity contribution in [3.8, 4) is 11.4 Å². The summed E-state index contributed by atoms with van der Waals surface area (Å²) in [5.41, 5.74) is 0.702. The highest BCUT2D eigenvalue weighted by Gasteiger charge is 2.21. The normalized spacial score (nSPS) is 12.2. The molecule has 0 saturated carbocycles. The predicted molar refractivity (Wildman–Crippen MR) is 96.5 cm³/mol. The second-order valence-corrected chi connectivity index (χ2v) is 7.04. The zero-order valence-corrected chi connectivity index (χ0v) is 15.1. The third-order valence-electron chi connectivity index (χ3n) is 4.27. The first-order valence-electron chi connectivity index (χ1n) is 7.94. The Labute approximate surface area is 153 Å². The Balaban J connectivity index is 1.98. The summed E-state index contributed by atoms with van der Waals surface area (Å²) in [6.07, 6.45) is 4.84. The van der Waals surface area contributed by atoms with E-state index in [0.29, 0.717) is 22.1 Å². The number of aliphatic hydroxyl groups is 1. The molecule has 0 amide bonds. The second kappa shape index (κ2) is 5.69. The molecule has 4 aromatic heterocycles. The topological polar surface area (TPSA) is 76.2 Å². The third-order valence-corrected chi connectivity index (χ3v) is 4.48. The van der Waals surface area contributed by atoms with E-state index in [2.05, 4.69) is 20.1 Å². The smallest absolute Gasteiger partial charge is 0.191 e. The minimum Gasteiger partial charge on any atom is -0.386 e. The van der Waals surface area contributed by atoms with Crippen LogP contribution in [-0.2, 0) is 5.60 Å². The second-order valence-electron chi connectivity index (χ2n) is 6.65. The van der Waals surface area contributed by atoms with Gasteiger partial charge in [-0.1, -0.05) is 11.6 Å². The molecule has 4 aromatic rings. The summed E-state index contributed by atoms with van der Waals surface area (Å²) >= 11 is 6.04. The van der Waals surface area contributed by atoms with E-state index in [1.165, 1.54) is 10.6 Å². The van der Waals surface area contributed by atoms with Gasteiger partial charge in [-0.15, -0.1) is 5.10 Å². The van der Waals surface area contributed by atoms with E-state index in [1.54, 1.807) is 38.5 Å². The largest absolute Gasteiger partial charge is 0.386 e. The van der Waals surface area contributed by atoms with Crippen LogP contribution in [0.25, 0.3) is 27.8 Å². The molecule has 1 N–H and O–H groups in total. The molecule has 0 spiro atoms. The Morgan fingerprint density at radius 1 is 1.15 bits per heavy atom. The van der Waals surface area contributed by atoms with Crippen molar-refractivity contribution >= 4 is 28.0 Å². The van der Waals surface area contributed by atoms with E-state index in [0.717, 1.165) is 16.5 Å². The molecule has 0 bridgehead atoms. The Kier molecular flexibility index (Phi) is 3.68. The summed E-state index contributed by atoms with van der Waals surface area (Å²) in [6, 6.07) is 2.98. The van der Waals surface area contributed by atoms with Gasteiger partial charge in [0.05, 0.1) is 5.60 Å². The molecule has 0 radical (unpaired) electrons. The maximum absolute atomic E-state index is 14.5. The minimum absolute atomic E-state index is 0.0712. The number of hydrogen-bond donors (Lipinski definition) is 1. The number of pyridine rings is 3. The van der Waals surface area contributed by atoms with Crippen molar-refractivity contribution in [2.45, 2.75) is 26.4 Å². The van der Waals surface area contributed by atoms with Gasteiger partial charge in [0, 0.05) is 46.2 Å². The van der Waals surface area contributed by atoms with Gasteiger partial charge in [0.1, 0.15) is 5.15 Å². The van der Waals surface area contributed by atoms with Crippen LogP contribution in [0.5, 0.6) is 0 Å². The van der Waals surface area contributed by atoms with Crippen molar-refractivity contribution in [3.63, 3.8) is 0 Å². The fourth-order valence-electron chi connectivity index (χ4n) is 2.81. The van der Waals surface area contributed by atoms with Crippen LogP contribution in [0.15, 0.2) is 30.7 Å². The first kappa shape index (κ1) is 16.8. The molecule has 0 fully saturated rings. The molecule has 132 valence electrons. The highest BCUT2D eigenvalue weighted by Crippen LogP contribution is 2.30. The van der Waals surface area contributed by atoms with E-state index in [9.17, 15) is 9.50 Å². The lowest BCUT2D eigenvalue weighted by Crippen LogP contribution is -2.17. The van der Waals surface area contributed by atoms with Gasteiger partial charge >= 0.3 is 0 Å². The summed E-state index contributed by atoms with van der Waals surface area (Å²) in [7, 11) is 0. The Hall–Kier alpha value is -2.64. The molecule has 0 aromatic carbocycles. The number of fused-ring (bicyclic) bond motifs is 2. The van der Waals surface area contributed by atoms with Crippen molar-refractivity contribution in [1.82, 2.24) is 24.6 Å². The van der Waals surface area contributed by atoms with Crippen LogP contribution in [0.1, 0.15) is 25.1 Å². The number of aryl methyl sites for hydroxylation is 1. The van der Waals surface area contributed by atoms with E-state index in [4.69, 9.17) is 11.6 Å². The lowest BCUT2D eigenvalue weighted by Gasteiger charge is -2.17. The third kappa shape index (κ3) is 2.69. The molecule has 6 nitrogen and oxygen atoms in total. The van der Waals surface area contributed by atoms with Gasteiger partial charge in [0.25, 0.3) is 0 Å². The fraction of sp³-hybridized carbons (Fsp3) is 0.222. The van der Waals surface area contributed by atoms with Crippen LogP contribution >= 0.6 is 11.6 Å². The maximum atomic E-state index is 14.5. The number of aromatic nitrogens is 5. The molecule has 26 heavy (non-hydrogen) atoms. The van der Waals surface area contributed by atoms with Gasteiger partial charge in [-0.25, -0.2) is 18.9 Å². The van der Waals surface area contributed by atoms with Gasteiger partial charge in [-0.2, -0.15) is 0 Å². The van der Waals surface area contributed by atoms with E-state index in [1.807, 2.05) is 6.92 Å². The monoisotopic (exact) mass is 371 g/mol. The summed E-state index contributed by atoms with van der Waals surface area (Å²) in [6.45, 7) is 5.03. The van der Waals surface area contributed by atoms with Gasteiger partial charge < -0.3 is 5.11 Å². The van der Waals surface area contributed by atoms with Gasteiger partial charge in [0.2, 0.25) is 0 Å². The molecule has 0 saturated heterocycles. The zero-order valence-electron chi connectivity index (χ0n) is 14.3. The molecule has 0 atom stereocenters. The lowest BCUT2D eigenvalue weighted by atomic mass is 10.0. The minimum atomic E-state index is -1.20. The molecule has 0 aliphatic rings. The molecule has 0 unspecified atom stereocenters. The van der Waals surface area contributed by atoms with Crippen LogP contribution in [0.3, 0.4) is 0 Å². The average molecular weight is 372 g/mol. The fourth-order valence-corrected chi connectivity index (χ4v) is 2.97. The molecule has 4 heterocycles. The molecular formula is C18H15ClFN5O. The summed E-state index contributed by atoms with van der Waals surface area (Å²) in [4.78, 5) is 12.8. The quantitative estimate of drug-likeness (QED) is 0.544. The van der Waals surface area contributed by atoms with Crippen LogP contribution < -0.4 is 0 Å². The molecular weight excluding hydrogens is 357 g/mol. The number of hydrogen-bond acceptors (Lipinski definition) is 5. The van der Waals surface area contributed by atoms with E-state index < -0.39 is 11.4 Å². The summed E-state index contributed by atoms with van der Waals surface area (Å²) < 4.78 is 15.8. The predicted octanol–water partition coefficient (Wildman–Crippen LogP) is 3.67. The molecule has 4 rings (SSSR count). The van der Waals surface area contributed by atoms with Crippen LogP contribution in [0.4, 0.5) is 4.39 Å². The first-order valence-corrected chi connectivity index (χ1v) is 8.32. The molecule has 8 heteroatoms. The Morgan fingerprint density at radius 2 is 1.92 bits per heavy atom.